The van der Waals surface area contributed by atoms with E-state index in [1.54, 1.807) is 18.2 Å². The van der Waals surface area contributed by atoms with Crippen LogP contribution in [0.3, 0.4) is 0 Å². The smallest absolute Gasteiger partial charge is 0.244 e. The molecule has 0 saturated carbocycles. The van der Waals surface area contributed by atoms with Crippen molar-refractivity contribution >= 4 is 31.8 Å². The van der Waals surface area contributed by atoms with Crippen molar-refractivity contribution in [3.05, 3.63) is 34.7 Å². The van der Waals surface area contributed by atoms with Gasteiger partial charge in [-0.1, -0.05) is 15.9 Å². The molecule has 2 rings (SSSR count). The molecule has 1 aliphatic carbocycles. The largest absolute Gasteiger partial charge is 0.493 e. The van der Waals surface area contributed by atoms with Crippen LogP contribution < -0.4 is 10.5 Å². The third-order valence-electron chi connectivity index (χ3n) is 3.21. The molecule has 7 nitrogen and oxygen atoms in total. The van der Waals surface area contributed by atoms with Crippen molar-refractivity contribution in [2.45, 2.75) is 17.3 Å². The number of nitrogens with one attached hydrogen (secondary N) is 1. The highest BCUT2D eigenvalue weighted by Gasteiger charge is 2.28. The topological polar surface area (TPSA) is 103 Å². The number of hydrogen-bond donors (Lipinski definition) is 2. The van der Waals surface area contributed by atoms with E-state index in [2.05, 4.69) is 25.6 Å². The average molecular weight is 392 g/mol. The Morgan fingerprint density at radius 3 is 2.64 bits per heavy atom. The van der Waals surface area contributed by atoms with E-state index in [4.69, 9.17) is 15.2 Å². The number of amidine groups is 1. The first-order valence-electron chi connectivity index (χ1n) is 6.56. The molecular weight excluding hydrogens is 374 g/mol. The second-order valence-electron chi connectivity index (χ2n) is 4.74. The van der Waals surface area contributed by atoms with Crippen molar-refractivity contribution in [1.82, 2.24) is 4.72 Å². The molecule has 0 radical (unpaired) electrons. The fourth-order valence-corrected chi connectivity index (χ4v) is 4.12. The summed E-state index contributed by atoms with van der Waals surface area (Å²) in [5.41, 5.74) is 5.70. The van der Waals surface area contributed by atoms with Crippen molar-refractivity contribution in [3.63, 3.8) is 0 Å². The molecule has 0 spiro atoms. The monoisotopic (exact) mass is 391 g/mol. The molecular formula is C13H18BrN3O4S. The molecule has 0 aromatic rings. The molecule has 0 saturated heterocycles. The third kappa shape index (κ3) is 3.71. The van der Waals surface area contributed by atoms with Crippen LogP contribution in [0.2, 0.25) is 0 Å². The van der Waals surface area contributed by atoms with Gasteiger partial charge < -0.3 is 15.2 Å². The number of ether oxygens (including phenoxy) is 2. The number of nitrogens with two attached hydrogens (primary N) is 1. The summed E-state index contributed by atoms with van der Waals surface area (Å²) >= 11 is 3.32. The Morgan fingerprint density at radius 2 is 2.00 bits per heavy atom. The van der Waals surface area contributed by atoms with Gasteiger partial charge in [0.2, 0.25) is 10.0 Å². The van der Waals surface area contributed by atoms with E-state index in [-0.39, 0.29) is 15.6 Å². The number of halogens is 1. The average Bonchev–Trinajstić information content (AvgIpc) is 2.49. The summed E-state index contributed by atoms with van der Waals surface area (Å²) in [5, 5.41) is 0. The standard InChI is InChI=1S/C13H18BrN3O4S/c1-20-10-4-3-9(6-11(10)21-2)17-22(18,19)12-5-8(14)7-16-13(12)15/h4-6,8-9,17H,3,7H2,1-2H3,(H2,15,16). The number of aliphatic imine (C=N–C) groups is 1. The van der Waals surface area contributed by atoms with Crippen LogP contribution in [-0.4, -0.2) is 45.9 Å². The number of hydrogen-bond acceptors (Lipinski definition) is 6. The first-order valence-corrected chi connectivity index (χ1v) is 8.96. The van der Waals surface area contributed by atoms with E-state index in [1.807, 2.05) is 0 Å². The van der Waals surface area contributed by atoms with E-state index in [0.29, 0.717) is 24.5 Å². The molecule has 3 N–H and O–H groups in total. The maximum atomic E-state index is 12.5. The predicted molar refractivity (Wildman–Crippen MR) is 87.9 cm³/mol. The molecule has 2 unspecified atom stereocenters. The maximum Gasteiger partial charge on any atom is 0.244 e. The van der Waals surface area contributed by atoms with Crippen LogP contribution in [-0.2, 0) is 19.5 Å². The van der Waals surface area contributed by atoms with Crippen LogP contribution in [0.15, 0.2) is 39.6 Å². The van der Waals surface area contributed by atoms with Gasteiger partial charge in [-0.05, 0) is 24.6 Å². The zero-order valence-electron chi connectivity index (χ0n) is 12.2. The van der Waals surface area contributed by atoms with E-state index >= 15 is 0 Å². The number of methoxy groups -OCH3 is 2. The lowest BCUT2D eigenvalue weighted by Gasteiger charge is -2.22. The van der Waals surface area contributed by atoms with Gasteiger partial charge in [0.1, 0.15) is 10.7 Å². The summed E-state index contributed by atoms with van der Waals surface area (Å²) in [6.07, 6.45) is 5.44. The SMILES string of the molecule is COC1=CCC(NS(=O)(=O)C2=CC(Br)CN=C2N)C=C1OC. The van der Waals surface area contributed by atoms with Gasteiger partial charge in [-0.2, -0.15) is 0 Å². The summed E-state index contributed by atoms with van der Waals surface area (Å²) in [6, 6.07) is -0.441. The van der Waals surface area contributed by atoms with Crippen LogP contribution in [0.25, 0.3) is 0 Å². The lowest BCUT2D eigenvalue weighted by Crippen LogP contribution is -2.40. The van der Waals surface area contributed by atoms with Gasteiger partial charge in [-0.3, -0.25) is 4.99 Å². The molecule has 9 heteroatoms. The molecule has 1 heterocycles. The molecule has 0 fully saturated rings. The van der Waals surface area contributed by atoms with Crippen LogP contribution in [0, 0.1) is 0 Å². The number of alkyl halides is 1. The Morgan fingerprint density at radius 1 is 1.32 bits per heavy atom. The molecule has 122 valence electrons. The quantitative estimate of drug-likeness (QED) is 0.673. The maximum absolute atomic E-state index is 12.5. The Balaban J connectivity index is 2.19. The fourth-order valence-electron chi connectivity index (χ4n) is 2.16. The van der Waals surface area contributed by atoms with Crippen molar-refractivity contribution in [1.29, 1.82) is 0 Å². The second-order valence-corrected chi connectivity index (χ2v) is 7.60. The second kappa shape index (κ2) is 6.84. The first kappa shape index (κ1) is 17.0. The Kier molecular flexibility index (Phi) is 5.30. The Hall–Kier alpha value is -1.32. The number of sulfonamides is 1. The van der Waals surface area contributed by atoms with E-state index in [0.717, 1.165) is 0 Å². The minimum Gasteiger partial charge on any atom is -0.493 e. The van der Waals surface area contributed by atoms with Gasteiger partial charge in [0.25, 0.3) is 0 Å². The van der Waals surface area contributed by atoms with Gasteiger partial charge in [0, 0.05) is 6.04 Å². The summed E-state index contributed by atoms with van der Waals surface area (Å²) in [7, 11) is -0.735. The zero-order valence-corrected chi connectivity index (χ0v) is 14.6. The molecule has 0 amide bonds. The molecule has 2 aliphatic rings. The minimum absolute atomic E-state index is 0.00508. The Labute approximate surface area is 138 Å². The van der Waals surface area contributed by atoms with Crippen LogP contribution in [0.5, 0.6) is 0 Å². The van der Waals surface area contributed by atoms with Crippen molar-refractivity contribution < 1.29 is 17.9 Å². The fraction of sp³-hybridized carbons (Fsp3) is 0.462. The zero-order chi connectivity index (χ0) is 16.3. The van der Waals surface area contributed by atoms with Gasteiger partial charge >= 0.3 is 0 Å². The Bertz CT molecular complexity index is 667. The van der Waals surface area contributed by atoms with Gasteiger partial charge in [-0.15, -0.1) is 0 Å². The normalized spacial score (nSPS) is 25.6. The first-order chi connectivity index (χ1) is 10.4. The van der Waals surface area contributed by atoms with Crippen LogP contribution >= 0.6 is 15.9 Å². The molecule has 2 atom stereocenters. The number of dihydropyridines is 1. The highest BCUT2D eigenvalue weighted by atomic mass is 79.9. The number of rotatable bonds is 5. The number of nitrogens with zero attached hydrogens (tertiary/aromatic N) is 1. The van der Waals surface area contributed by atoms with E-state index < -0.39 is 16.1 Å². The minimum atomic E-state index is -3.77. The highest BCUT2D eigenvalue weighted by molar-refractivity contribution is 9.09. The van der Waals surface area contributed by atoms with Crippen molar-refractivity contribution in [2.75, 3.05) is 20.8 Å². The highest BCUT2D eigenvalue weighted by Crippen LogP contribution is 2.22. The predicted octanol–water partition coefficient (Wildman–Crippen LogP) is 0.757. The van der Waals surface area contributed by atoms with E-state index in [1.165, 1.54) is 14.2 Å². The lowest BCUT2D eigenvalue weighted by atomic mass is 10.1. The molecule has 22 heavy (non-hydrogen) atoms. The lowest BCUT2D eigenvalue weighted by molar-refractivity contribution is 0.214. The van der Waals surface area contributed by atoms with Crippen LogP contribution in [0.4, 0.5) is 0 Å². The summed E-state index contributed by atoms with van der Waals surface area (Å²) < 4.78 is 37.9. The summed E-state index contributed by atoms with van der Waals surface area (Å²) in [5.74, 6) is 1.08. The third-order valence-corrected chi connectivity index (χ3v) is 5.30. The van der Waals surface area contributed by atoms with Gasteiger partial charge in [0.15, 0.2) is 11.5 Å². The van der Waals surface area contributed by atoms with Gasteiger partial charge in [0.05, 0.1) is 25.6 Å². The molecule has 0 aromatic heterocycles. The molecule has 1 aliphatic heterocycles. The molecule has 0 aromatic carbocycles. The van der Waals surface area contributed by atoms with Crippen molar-refractivity contribution in [3.8, 4) is 0 Å². The summed E-state index contributed by atoms with van der Waals surface area (Å²) in [6.45, 7) is 0.419. The van der Waals surface area contributed by atoms with Gasteiger partial charge in [-0.25, -0.2) is 13.1 Å². The molecule has 0 bridgehead atoms. The van der Waals surface area contributed by atoms with Crippen molar-refractivity contribution in [2.24, 2.45) is 10.7 Å². The summed E-state index contributed by atoms with van der Waals surface area (Å²) in [4.78, 5) is 3.84. The van der Waals surface area contributed by atoms with E-state index in [9.17, 15) is 8.42 Å². The van der Waals surface area contributed by atoms with Crippen LogP contribution in [0.1, 0.15) is 6.42 Å².